The van der Waals surface area contributed by atoms with E-state index < -0.39 is 5.91 Å². The van der Waals surface area contributed by atoms with Crippen LogP contribution in [0.25, 0.3) is 6.08 Å². The molecule has 0 aromatic heterocycles. The second-order valence-corrected chi connectivity index (χ2v) is 9.97. The van der Waals surface area contributed by atoms with Crippen LogP contribution in [0.3, 0.4) is 0 Å². The van der Waals surface area contributed by atoms with E-state index in [9.17, 15) is 4.79 Å². The van der Waals surface area contributed by atoms with Crippen LogP contribution >= 0.6 is 0 Å². The molecule has 0 radical (unpaired) electrons. The molecular formula is C26H31NO. The predicted octanol–water partition coefficient (Wildman–Crippen LogP) is 5.61. The van der Waals surface area contributed by atoms with Gasteiger partial charge in [0.2, 0.25) is 5.91 Å². The number of carbonyl (C=O) groups is 1. The van der Waals surface area contributed by atoms with Crippen LogP contribution in [-0.2, 0) is 21.0 Å². The number of hydrogen-bond donors (Lipinski definition) is 1. The number of rotatable bonds is 4. The molecule has 2 aromatic carbocycles. The Bertz CT molecular complexity index is 960. The maximum Gasteiger partial charge on any atom is 0.241 e. The van der Waals surface area contributed by atoms with Crippen LogP contribution in [0.5, 0.6) is 0 Å². The van der Waals surface area contributed by atoms with Crippen molar-refractivity contribution in [2.75, 3.05) is 0 Å². The largest absolute Gasteiger partial charge is 0.366 e. The van der Waals surface area contributed by atoms with Crippen LogP contribution < -0.4 is 5.73 Å². The SMILES string of the molecule is CC1(C)CCC(C)(C)c2cc(C3(c4cccc(/C=C/C(N)=O)c4)CC3)ccc21. The molecule has 0 unspecified atom stereocenters. The van der Waals surface area contributed by atoms with Crippen molar-refractivity contribution in [1.82, 2.24) is 0 Å². The standard InChI is InChI=1S/C26H31NO/c1-24(2)12-13-25(3,4)22-17-20(9-10-21(22)24)26(14-15-26)19-7-5-6-18(16-19)8-11-23(27)28/h5-11,16-17H,12-15H2,1-4H3,(H2,27,28)/b11-8+. The molecule has 0 atom stereocenters. The van der Waals surface area contributed by atoms with Gasteiger partial charge in [-0.3, -0.25) is 4.79 Å². The Balaban J connectivity index is 1.76. The van der Waals surface area contributed by atoms with Gasteiger partial charge in [-0.15, -0.1) is 0 Å². The molecule has 0 spiro atoms. The van der Waals surface area contributed by atoms with Crippen molar-refractivity contribution in [3.05, 3.63) is 76.4 Å². The zero-order valence-electron chi connectivity index (χ0n) is 17.5. The minimum Gasteiger partial charge on any atom is -0.366 e. The maximum atomic E-state index is 11.1. The highest BCUT2D eigenvalue weighted by atomic mass is 16.1. The summed E-state index contributed by atoms with van der Waals surface area (Å²) in [6.07, 6.45) is 8.07. The van der Waals surface area contributed by atoms with Crippen molar-refractivity contribution >= 4 is 12.0 Å². The molecular weight excluding hydrogens is 342 g/mol. The first-order valence-electron chi connectivity index (χ1n) is 10.4. The number of amides is 1. The maximum absolute atomic E-state index is 11.1. The normalized spacial score (nSPS) is 21.3. The van der Waals surface area contributed by atoms with E-state index in [-0.39, 0.29) is 16.2 Å². The number of benzene rings is 2. The van der Waals surface area contributed by atoms with E-state index in [1.54, 1.807) is 6.08 Å². The number of carbonyl (C=O) groups excluding carboxylic acids is 1. The first-order valence-corrected chi connectivity index (χ1v) is 10.4. The molecule has 2 N–H and O–H groups in total. The van der Waals surface area contributed by atoms with Gasteiger partial charge in [-0.2, -0.15) is 0 Å². The lowest BCUT2D eigenvalue weighted by atomic mass is 9.62. The van der Waals surface area contributed by atoms with E-state index >= 15 is 0 Å². The third-order valence-electron chi connectivity index (χ3n) is 7.03. The van der Waals surface area contributed by atoms with Crippen LogP contribution in [0.4, 0.5) is 0 Å². The van der Waals surface area contributed by atoms with E-state index in [1.807, 2.05) is 6.07 Å². The summed E-state index contributed by atoms with van der Waals surface area (Å²) in [7, 11) is 0. The van der Waals surface area contributed by atoms with E-state index in [0.717, 1.165) is 5.56 Å². The van der Waals surface area contributed by atoms with Gasteiger partial charge >= 0.3 is 0 Å². The van der Waals surface area contributed by atoms with Crippen molar-refractivity contribution in [2.45, 2.75) is 69.6 Å². The molecule has 2 aromatic rings. The molecule has 1 fully saturated rings. The quantitative estimate of drug-likeness (QED) is 0.695. The highest BCUT2D eigenvalue weighted by molar-refractivity contribution is 5.90. The molecule has 2 aliphatic rings. The lowest BCUT2D eigenvalue weighted by Gasteiger charge is -2.42. The van der Waals surface area contributed by atoms with Crippen molar-refractivity contribution < 1.29 is 4.79 Å². The fraction of sp³-hybridized carbons (Fsp3) is 0.423. The zero-order chi connectivity index (χ0) is 20.2. The monoisotopic (exact) mass is 373 g/mol. The minimum atomic E-state index is -0.411. The number of primary amides is 1. The second-order valence-electron chi connectivity index (χ2n) is 9.97. The molecule has 28 heavy (non-hydrogen) atoms. The van der Waals surface area contributed by atoms with Crippen LogP contribution in [-0.4, -0.2) is 5.91 Å². The fourth-order valence-corrected chi connectivity index (χ4v) is 4.87. The van der Waals surface area contributed by atoms with Crippen LogP contribution in [0, 0.1) is 0 Å². The van der Waals surface area contributed by atoms with Gasteiger partial charge < -0.3 is 5.73 Å². The number of nitrogens with two attached hydrogens (primary N) is 1. The summed E-state index contributed by atoms with van der Waals surface area (Å²) in [6.45, 7) is 9.53. The lowest BCUT2D eigenvalue weighted by Crippen LogP contribution is -2.34. The van der Waals surface area contributed by atoms with Gasteiger partial charge in [0, 0.05) is 11.5 Å². The summed E-state index contributed by atoms with van der Waals surface area (Å²) in [5.41, 5.74) is 12.7. The summed E-state index contributed by atoms with van der Waals surface area (Å²) in [6, 6.07) is 15.8. The fourth-order valence-electron chi connectivity index (χ4n) is 4.87. The van der Waals surface area contributed by atoms with Gasteiger partial charge in [0.15, 0.2) is 0 Å². The van der Waals surface area contributed by atoms with Gasteiger partial charge in [-0.05, 0) is 70.4 Å². The van der Waals surface area contributed by atoms with Gasteiger partial charge in [0.1, 0.15) is 0 Å². The molecule has 2 heteroatoms. The molecule has 4 rings (SSSR count). The van der Waals surface area contributed by atoms with Crippen LogP contribution in [0.15, 0.2) is 48.5 Å². The Labute approximate surface area is 168 Å². The van der Waals surface area contributed by atoms with E-state index in [4.69, 9.17) is 5.73 Å². The summed E-state index contributed by atoms with van der Waals surface area (Å²) in [5.74, 6) is -0.411. The Hall–Kier alpha value is -2.35. The lowest BCUT2D eigenvalue weighted by molar-refractivity contribution is -0.113. The summed E-state index contributed by atoms with van der Waals surface area (Å²) >= 11 is 0. The summed E-state index contributed by atoms with van der Waals surface area (Å²) < 4.78 is 0. The molecule has 0 bridgehead atoms. The average Bonchev–Trinajstić information content (AvgIpc) is 3.46. The molecule has 0 aliphatic heterocycles. The summed E-state index contributed by atoms with van der Waals surface area (Å²) in [4.78, 5) is 11.1. The van der Waals surface area contributed by atoms with E-state index in [0.29, 0.717) is 0 Å². The molecule has 2 nitrogen and oxygen atoms in total. The predicted molar refractivity (Wildman–Crippen MR) is 116 cm³/mol. The average molecular weight is 374 g/mol. The van der Waals surface area contributed by atoms with Gasteiger partial charge in [-0.25, -0.2) is 0 Å². The molecule has 0 saturated heterocycles. The molecule has 2 aliphatic carbocycles. The Kier molecular flexibility index (Phi) is 4.30. The smallest absolute Gasteiger partial charge is 0.241 e. The molecule has 1 saturated carbocycles. The van der Waals surface area contributed by atoms with E-state index in [2.05, 4.69) is 64.1 Å². The third-order valence-corrected chi connectivity index (χ3v) is 7.03. The van der Waals surface area contributed by atoms with Crippen molar-refractivity contribution in [3.8, 4) is 0 Å². The van der Waals surface area contributed by atoms with Gasteiger partial charge in [0.25, 0.3) is 0 Å². The first-order chi connectivity index (χ1) is 13.1. The minimum absolute atomic E-state index is 0.114. The van der Waals surface area contributed by atoms with Crippen molar-refractivity contribution in [3.63, 3.8) is 0 Å². The van der Waals surface area contributed by atoms with Gasteiger partial charge in [0.05, 0.1) is 0 Å². The first kappa shape index (κ1) is 19.0. The topological polar surface area (TPSA) is 43.1 Å². The van der Waals surface area contributed by atoms with Crippen LogP contribution in [0.2, 0.25) is 0 Å². The Morgan fingerprint density at radius 2 is 1.50 bits per heavy atom. The number of hydrogen-bond acceptors (Lipinski definition) is 1. The highest BCUT2D eigenvalue weighted by Crippen LogP contribution is 2.55. The zero-order valence-corrected chi connectivity index (χ0v) is 17.5. The molecule has 0 heterocycles. The molecule has 1 amide bonds. The highest BCUT2D eigenvalue weighted by Gasteiger charge is 2.47. The Morgan fingerprint density at radius 1 is 0.857 bits per heavy atom. The van der Waals surface area contributed by atoms with Crippen LogP contribution in [0.1, 0.15) is 81.2 Å². The third kappa shape index (κ3) is 3.19. The number of fused-ring (bicyclic) bond motifs is 1. The summed E-state index contributed by atoms with van der Waals surface area (Å²) in [5, 5.41) is 0. The van der Waals surface area contributed by atoms with Gasteiger partial charge in [-0.1, -0.05) is 70.2 Å². The van der Waals surface area contributed by atoms with Crippen molar-refractivity contribution in [2.24, 2.45) is 5.73 Å². The Morgan fingerprint density at radius 3 is 2.14 bits per heavy atom. The second kappa shape index (κ2) is 6.34. The van der Waals surface area contributed by atoms with E-state index in [1.165, 1.54) is 54.0 Å². The molecule has 146 valence electrons. The van der Waals surface area contributed by atoms with Crippen molar-refractivity contribution in [1.29, 1.82) is 0 Å².